The molecule has 3 rings (SSSR count). The lowest BCUT2D eigenvalue weighted by Crippen LogP contribution is -2.52. The van der Waals surface area contributed by atoms with Crippen molar-refractivity contribution in [3.63, 3.8) is 0 Å². The van der Waals surface area contributed by atoms with Gasteiger partial charge in [0.25, 0.3) is 0 Å². The van der Waals surface area contributed by atoms with Gasteiger partial charge in [-0.1, -0.05) is 0 Å². The molecule has 3 fully saturated rings. The van der Waals surface area contributed by atoms with Crippen LogP contribution in [-0.4, -0.2) is 78.8 Å². The summed E-state index contributed by atoms with van der Waals surface area (Å²) in [6, 6.07) is 1.26. The molecule has 7 nitrogen and oxygen atoms in total. The molecule has 0 radical (unpaired) electrons. The van der Waals surface area contributed by atoms with Gasteiger partial charge in [-0.15, -0.1) is 0 Å². The lowest BCUT2D eigenvalue weighted by atomic mass is 9.91. The predicted octanol–water partition coefficient (Wildman–Crippen LogP) is 0.938. The van der Waals surface area contributed by atoms with Crippen LogP contribution in [0.25, 0.3) is 0 Å². The van der Waals surface area contributed by atoms with Crippen LogP contribution in [0.15, 0.2) is 0 Å². The molecule has 0 aromatic heterocycles. The predicted molar refractivity (Wildman–Crippen MR) is 95.4 cm³/mol. The van der Waals surface area contributed by atoms with E-state index in [9.17, 15) is 9.59 Å². The Kier molecular flexibility index (Phi) is 6.17. The van der Waals surface area contributed by atoms with Crippen LogP contribution in [0.2, 0.25) is 0 Å². The second-order valence-electron chi connectivity index (χ2n) is 7.64. The maximum absolute atomic E-state index is 12.7. The highest BCUT2D eigenvalue weighted by Crippen LogP contribution is 2.25. The van der Waals surface area contributed by atoms with Gasteiger partial charge in [-0.05, 0) is 39.0 Å². The summed E-state index contributed by atoms with van der Waals surface area (Å²) in [7, 11) is 0. The molecule has 2 atom stereocenters. The van der Waals surface area contributed by atoms with Gasteiger partial charge in [-0.3, -0.25) is 9.69 Å². The van der Waals surface area contributed by atoms with Gasteiger partial charge in [0, 0.05) is 50.7 Å². The summed E-state index contributed by atoms with van der Waals surface area (Å²) in [5.74, 6) is 0.0348. The summed E-state index contributed by atoms with van der Waals surface area (Å²) >= 11 is 0. The number of morpholine rings is 1. The smallest absolute Gasteiger partial charge is 0.317 e. The third kappa shape index (κ3) is 4.64. The van der Waals surface area contributed by atoms with Crippen LogP contribution in [0, 0.1) is 0 Å². The zero-order chi connectivity index (χ0) is 17.8. The van der Waals surface area contributed by atoms with Crippen molar-refractivity contribution in [3.8, 4) is 0 Å². The highest BCUT2D eigenvalue weighted by atomic mass is 16.5. The summed E-state index contributed by atoms with van der Waals surface area (Å²) in [4.78, 5) is 28.3. The molecule has 0 spiro atoms. The molecule has 25 heavy (non-hydrogen) atoms. The molecule has 2 aliphatic heterocycles. The van der Waals surface area contributed by atoms with Crippen molar-refractivity contribution in [1.82, 2.24) is 20.4 Å². The molecule has 1 aliphatic carbocycles. The Balaban J connectivity index is 1.45. The van der Waals surface area contributed by atoms with Gasteiger partial charge in [0.05, 0.1) is 13.2 Å². The van der Waals surface area contributed by atoms with E-state index in [0.717, 1.165) is 65.0 Å². The minimum Gasteiger partial charge on any atom is -0.379 e. The van der Waals surface area contributed by atoms with Crippen LogP contribution in [0.1, 0.15) is 46.0 Å². The summed E-state index contributed by atoms with van der Waals surface area (Å²) < 4.78 is 5.44. The van der Waals surface area contributed by atoms with Crippen molar-refractivity contribution in [3.05, 3.63) is 0 Å². The number of likely N-dealkylation sites (tertiary alicyclic amines) is 1. The second kappa shape index (κ2) is 8.36. The first-order chi connectivity index (χ1) is 12.0. The zero-order valence-electron chi connectivity index (χ0n) is 15.5. The molecule has 142 valence electrons. The number of nitrogens with one attached hydrogen (secondary N) is 2. The lowest BCUT2D eigenvalue weighted by Gasteiger charge is -2.36. The van der Waals surface area contributed by atoms with E-state index in [0.29, 0.717) is 6.04 Å². The molecule has 3 amide bonds. The molecule has 3 aliphatic rings. The second-order valence-corrected chi connectivity index (χ2v) is 7.64. The first-order valence-corrected chi connectivity index (χ1v) is 9.70. The molecular weight excluding hydrogens is 320 g/mol. The lowest BCUT2D eigenvalue weighted by molar-refractivity contribution is -0.119. The molecule has 2 saturated heterocycles. The first kappa shape index (κ1) is 18.5. The molecule has 2 heterocycles. The zero-order valence-corrected chi connectivity index (χ0v) is 15.5. The normalized spacial score (nSPS) is 33.9. The number of carbonyl (C=O) groups is 2. The van der Waals surface area contributed by atoms with E-state index in [2.05, 4.69) is 22.5 Å². The number of hydrogen-bond donors (Lipinski definition) is 2. The van der Waals surface area contributed by atoms with E-state index in [1.54, 1.807) is 6.92 Å². The minimum atomic E-state index is 0.0348. The average molecular weight is 352 g/mol. The topological polar surface area (TPSA) is 73.9 Å². The Hall–Kier alpha value is -1.34. The minimum absolute atomic E-state index is 0.0348. The van der Waals surface area contributed by atoms with E-state index >= 15 is 0 Å². The third-order valence-electron chi connectivity index (χ3n) is 5.95. The van der Waals surface area contributed by atoms with E-state index < -0.39 is 0 Å². The Morgan fingerprint density at radius 1 is 0.920 bits per heavy atom. The SMILES string of the molecule is CC(=O)NC1CCC(NC(=O)N2CC[C@@H](N3CCOCC3)[C@H]2C)CC1. The van der Waals surface area contributed by atoms with E-state index in [4.69, 9.17) is 4.74 Å². The van der Waals surface area contributed by atoms with Gasteiger partial charge in [-0.25, -0.2) is 4.79 Å². The Morgan fingerprint density at radius 3 is 2.12 bits per heavy atom. The molecule has 1 saturated carbocycles. The van der Waals surface area contributed by atoms with Crippen LogP contribution in [0.4, 0.5) is 4.79 Å². The summed E-state index contributed by atoms with van der Waals surface area (Å²) in [5.41, 5.74) is 0. The largest absolute Gasteiger partial charge is 0.379 e. The summed E-state index contributed by atoms with van der Waals surface area (Å²) in [6.45, 7) is 8.10. The number of rotatable bonds is 3. The number of hydrogen-bond acceptors (Lipinski definition) is 4. The van der Waals surface area contributed by atoms with E-state index in [-0.39, 0.29) is 30.1 Å². The molecule has 0 bridgehead atoms. The highest BCUT2D eigenvalue weighted by molar-refractivity contribution is 5.75. The van der Waals surface area contributed by atoms with E-state index in [1.807, 2.05) is 4.90 Å². The van der Waals surface area contributed by atoms with Crippen molar-refractivity contribution < 1.29 is 14.3 Å². The molecule has 2 N–H and O–H groups in total. The number of carbonyl (C=O) groups excluding carboxylic acids is 2. The average Bonchev–Trinajstić information content (AvgIpc) is 2.98. The van der Waals surface area contributed by atoms with Crippen molar-refractivity contribution in [2.24, 2.45) is 0 Å². The van der Waals surface area contributed by atoms with Crippen LogP contribution < -0.4 is 10.6 Å². The van der Waals surface area contributed by atoms with E-state index in [1.165, 1.54) is 0 Å². The number of ether oxygens (including phenoxy) is 1. The molecule has 0 aromatic rings. The van der Waals surface area contributed by atoms with Crippen molar-refractivity contribution in [2.75, 3.05) is 32.8 Å². The highest BCUT2D eigenvalue weighted by Gasteiger charge is 2.38. The first-order valence-electron chi connectivity index (χ1n) is 9.70. The summed E-state index contributed by atoms with van der Waals surface area (Å²) in [6.07, 6.45) is 4.80. The fourth-order valence-corrected chi connectivity index (χ4v) is 4.53. The Labute approximate surface area is 150 Å². The standard InChI is InChI=1S/C18H32N4O3/c1-13-17(21-9-11-25-12-10-21)7-8-22(13)18(24)20-16-5-3-15(4-6-16)19-14(2)23/h13,15-17H,3-12H2,1-2H3,(H,19,23)(H,20,24)/t13-,15?,16?,17-/m1/s1. The Bertz CT molecular complexity index is 473. The molecule has 0 aromatic carbocycles. The monoisotopic (exact) mass is 352 g/mol. The van der Waals surface area contributed by atoms with Gasteiger partial charge in [0.1, 0.15) is 0 Å². The molecular formula is C18H32N4O3. The quantitative estimate of drug-likeness (QED) is 0.793. The number of urea groups is 1. The van der Waals surface area contributed by atoms with Crippen molar-refractivity contribution in [1.29, 1.82) is 0 Å². The maximum Gasteiger partial charge on any atom is 0.317 e. The van der Waals surface area contributed by atoms with Gasteiger partial charge < -0.3 is 20.3 Å². The van der Waals surface area contributed by atoms with Gasteiger partial charge in [0.2, 0.25) is 5.91 Å². The van der Waals surface area contributed by atoms with Crippen molar-refractivity contribution in [2.45, 2.75) is 70.1 Å². The molecule has 7 heteroatoms. The number of nitrogens with zero attached hydrogens (tertiary/aromatic N) is 2. The fraction of sp³-hybridized carbons (Fsp3) is 0.889. The third-order valence-corrected chi connectivity index (χ3v) is 5.95. The summed E-state index contributed by atoms with van der Waals surface area (Å²) in [5, 5.41) is 6.20. The van der Waals surface area contributed by atoms with Crippen LogP contribution >= 0.6 is 0 Å². The van der Waals surface area contributed by atoms with Crippen LogP contribution in [0.5, 0.6) is 0 Å². The fourth-order valence-electron chi connectivity index (χ4n) is 4.53. The van der Waals surface area contributed by atoms with Crippen molar-refractivity contribution >= 4 is 11.9 Å². The van der Waals surface area contributed by atoms with Gasteiger partial charge >= 0.3 is 6.03 Å². The Morgan fingerprint density at radius 2 is 1.52 bits per heavy atom. The van der Waals surface area contributed by atoms with Gasteiger partial charge in [-0.2, -0.15) is 0 Å². The van der Waals surface area contributed by atoms with Gasteiger partial charge in [0.15, 0.2) is 0 Å². The maximum atomic E-state index is 12.7. The molecule has 0 unspecified atom stereocenters. The van der Waals surface area contributed by atoms with Crippen LogP contribution in [0.3, 0.4) is 0 Å². The van der Waals surface area contributed by atoms with Crippen LogP contribution in [-0.2, 0) is 9.53 Å². The number of amides is 3.